The highest BCUT2D eigenvalue weighted by Gasteiger charge is 2.26. The Morgan fingerprint density at radius 2 is 1.72 bits per heavy atom. The number of morpholine rings is 1. The number of nitrogens with one attached hydrogen (secondary N) is 1. The number of benzene rings is 2. The number of carbonyl (C=O) groups excluding carboxylic acids is 1. The van der Waals surface area contributed by atoms with Gasteiger partial charge < -0.3 is 10.1 Å². The zero-order valence-electron chi connectivity index (χ0n) is 18.0. The average Bonchev–Trinajstić information content (AvgIpc) is 2.75. The van der Waals surface area contributed by atoms with Gasteiger partial charge in [0.15, 0.2) is 0 Å². The van der Waals surface area contributed by atoms with E-state index in [9.17, 15) is 4.79 Å². The maximum atomic E-state index is 12.8. The van der Waals surface area contributed by atoms with E-state index in [4.69, 9.17) is 4.74 Å². The molecule has 1 atom stereocenters. The van der Waals surface area contributed by atoms with Gasteiger partial charge in [0.1, 0.15) is 0 Å². The van der Waals surface area contributed by atoms with Crippen LogP contribution in [0.1, 0.15) is 49.9 Å². The van der Waals surface area contributed by atoms with E-state index in [0.29, 0.717) is 13.0 Å². The summed E-state index contributed by atoms with van der Waals surface area (Å²) < 4.78 is 5.53. The van der Waals surface area contributed by atoms with Crippen molar-refractivity contribution < 1.29 is 9.53 Å². The fourth-order valence-electron chi connectivity index (χ4n) is 3.99. The molecule has 3 rings (SSSR count). The third kappa shape index (κ3) is 5.91. The highest BCUT2D eigenvalue weighted by Crippen LogP contribution is 2.27. The van der Waals surface area contributed by atoms with Crippen molar-refractivity contribution in [1.82, 2.24) is 10.2 Å². The molecule has 2 aromatic rings. The number of amides is 1. The summed E-state index contributed by atoms with van der Waals surface area (Å²) in [6.07, 6.45) is 1.51. The van der Waals surface area contributed by atoms with Gasteiger partial charge in [0.25, 0.3) is 0 Å². The van der Waals surface area contributed by atoms with Crippen LogP contribution in [0.4, 0.5) is 0 Å². The second-order valence-electron chi connectivity index (χ2n) is 8.49. The van der Waals surface area contributed by atoms with E-state index >= 15 is 0 Å². The van der Waals surface area contributed by atoms with Crippen LogP contribution >= 0.6 is 0 Å². The van der Waals surface area contributed by atoms with Crippen LogP contribution < -0.4 is 5.32 Å². The summed E-state index contributed by atoms with van der Waals surface area (Å²) >= 11 is 0. The molecule has 0 aromatic heterocycles. The molecule has 0 saturated carbocycles. The number of nitrogens with zero attached hydrogens (tertiary/aromatic N) is 1. The topological polar surface area (TPSA) is 41.6 Å². The maximum Gasteiger partial charge on any atom is 0.220 e. The van der Waals surface area contributed by atoms with Gasteiger partial charge in [-0.3, -0.25) is 9.69 Å². The maximum absolute atomic E-state index is 12.8. The van der Waals surface area contributed by atoms with Gasteiger partial charge in [-0.1, -0.05) is 75.4 Å². The standard InChI is InChI=1S/C25H34N2O2/c1-4-20-10-12-21(13-11-20)23(27-14-16-29-17-15-27)19-26-24(28)18-25(2,3)22-8-6-5-7-9-22/h5-13,23H,4,14-19H2,1-3H3,(H,26,28). The van der Waals surface area contributed by atoms with Crippen LogP contribution in [0, 0.1) is 0 Å². The van der Waals surface area contributed by atoms with Crippen LogP contribution in [0.3, 0.4) is 0 Å². The van der Waals surface area contributed by atoms with Gasteiger partial charge in [-0.05, 0) is 28.5 Å². The second kappa shape index (κ2) is 10.0. The number of aryl methyl sites for hydroxylation is 1. The lowest BCUT2D eigenvalue weighted by Gasteiger charge is -2.35. The predicted molar refractivity (Wildman–Crippen MR) is 118 cm³/mol. The Hall–Kier alpha value is -2.17. The molecule has 29 heavy (non-hydrogen) atoms. The van der Waals surface area contributed by atoms with Gasteiger partial charge in [-0.15, -0.1) is 0 Å². The fourth-order valence-corrected chi connectivity index (χ4v) is 3.99. The summed E-state index contributed by atoms with van der Waals surface area (Å²) in [6, 6.07) is 19.2. The summed E-state index contributed by atoms with van der Waals surface area (Å²) in [4.78, 5) is 15.2. The van der Waals surface area contributed by atoms with Gasteiger partial charge in [0, 0.05) is 26.1 Å². The van der Waals surface area contributed by atoms with Crippen LogP contribution in [0.5, 0.6) is 0 Å². The predicted octanol–water partition coefficient (Wildman–Crippen LogP) is 4.11. The number of ether oxygens (including phenoxy) is 1. The van der Waals surface area contributed by atoms with Crippen molar-refractivity contribution in [1.29, 1.82) is 0 Å². The largest absolute Gasteiger partial charge is 0.379 e. The highest BCUT2D eigenvalue weighted by molar-refractivity contribution is 5.77. The summed E-state index contributed by atoms with van der Waals surface area (Å²) in [5, 5.41) is 3.21. The third-order valence-electron chi connectivity index (χ3n) is 5.91. The van der Waals surface area contributed by atoms with Crippen molar-refractivity contribution in [3.05, 3.63) is 71.3 Å². The van der Waals surface area contributed by atoms with Crippen molar-refractivity contribution >= 4 is 5.91 Å². The van der Waals surface area contributed by atoms with E-state index in [2.05, 4.69) is 67.4 Å². The molecular formula is C25H34N2O2. The highest BCUT2D eigenvalue weighted by atomic mass is 16.5. The molecule has 1 fully saturated rings. The van der Waals surface area contributed by atoms with Crippen LogP contribution in [-0.4, -0.2) is 43.7 Å². The van der Waals surface area contributed by atoms with Crippen LogP contribution in [-0.2, 0) is 21.4 Å². The minimum atomic E-state index is -0.192. The molecule has 1 N–H and O–H groups in total. The van der Waals surface area contributed by atoms with Gasteiger partial charge in [-0.25, -0.2) is 0 Å². The van der Waals surface area contributed by atoms with Crippen molar-refractivity contribution in [2.75, 3.05) is 32.8 Å². The van der Waals surface area contributed by atoms with Gasteiger partial charge in [0.2, 0.25) is 5.91 Å². The lowest BCUT2D eigenvalue weighted by Crippen LogP contribution is -2.44. The Morgan fingerprint density at radius 1 is 1.07 bits per heavy atom. The molecule has 4 heteroatoms. The normalized spacial score (nSPS) is 16.4. The minimum absolute atomic E-state index is 0.0993. The first kappa shape index (κ1) is 21.5. The molecule has 0 aliphatic carbocycles. The molecule has 1 saturated heterocycles. The molecular weight excluding hydrogens is 360 g/mol. The van der Waals surface area contributed by atoms with Gasteiger partial charge in [-0.2, -0.15) is 0 Å². The Morgan fingerprint density at radius 3 is 2.34 bits per heavy atom. The molecule has 156 valence electrons. The SMILES string of the molecule is CCc1ccc(C(CNC(=O)CC(C)(C)c2ccccc2)N2CCOCC2)cc1. The first-order valence-corrected chi connectivity index (χ1v) is 10.7. The minimum Gasteiger partial charge on any atom is -0.379 e. The smallest absolute Gasteiger partial charge is 0.220 e. The molecule has 2 aromatic carbocycles. The lowest BCUT2D eigenvalue weighted by atomic mass is 9.81. The average molecular weight is 395 g/mol. The Balaban J connectivity index is 1.66. The number of rotatable bonds is 8. The number of carbonyl (C=O) groups is 1. The quantitative estimate of drug-likeness (QED) is 0.733. The van der Waals surface area contributed by atoms with E-state index in [1.807, 2.05) is 18.2 Å². The van der Waals surface area contributed by atoms with Crippen molar-refractivity contribution in [3.8, 4) is 0 Å². The second-order valence-corrected chi connectivity index (χ2v) is 8.49. The number of hydrogen-bond donors (Lipinski definition) is 1. The van der Waals surface area contributed by atoms with E-state index in [-0.39, 0.29) is 17.4 Å². The van der Waals surface area contributed by atoms with Crippen molar-refractivity contribution in [2.45, 2.75) is 45.1 Å². The van der Waals surface area contributed by atoms with Crippen LogP contribution in [0.2, 0.25) is 0 Å². The summed E-state index contributed by atoms with van der Waals surface area (Å²) in [7, 11) is 0. The lowest BCUT2D eigenvalue weighted by molar-refractivity contribution is -0.122. The molecule has 0 bridgehead atoms. The molecule has 1 aliphatic rings. The first-order chi connectivity index (χ1) is 14.0. The first-order valence-electron chi connectivity index (χ1n) is 10.7. The Kier molecular flexibility index (Phi) is 7.45. The molecule has 1 amide bonds. The molecule has 0 radical (unpaired) electrons. The van der Waals surface area contributed by atoms with E-state index < -0.39 is 0 Å². The zero-order valence-corrected chi connectivity index (χ0v) is 18.0. The molecule has 1 aliphatic heterocycles. The summed E-state index contributed by atoms with van der Waals surface area (Å²) in [6.45, 7) is 10.3. The third-order valence-corrected chi connectivity index (χ3v) is 5.91. The zero-order chi connectivity index (χ0) is 20.7. The summed E-state index contributed by atoms with van der Waals surface area (Å²) in [5.41, 5.74) is 3.59. The van der Waals surface area contributed by atoms with Gasteiger partial charge >= 0.3 is 0 Å². The molecule has 4 nitrogen and oxygen atoms in total. The van der Waals surface area contributed by atoms with E-state index in [1.165, 1.54) is 16.7 Å². The summed E-state index contributed by atoms with van der Waals surface area (Å²) in [5.74, 6) is 0.0993. The van der Waals surface area contributed by atoms with Crippen molar-refractivity contribution in [2.24, 2.45) is 0 Å². The number of hydrogen-bond acceptors (Lipinski definition) is 3. The monoisotopic (exact) mass is 394 g/mol. The molecule has 0 spiro atoms. The van der Waals surface area contributed by atoms with Gasteiger partial charge in [0.05, 0.1) is 19.3 Å². The molecule has 1 unspecified atom stereocenters. The van der Waals surface area contributed by atoms with E-state index in [1.54, 1.807) is 0 Å². The van der Waals surface area contributed by atoms with Crippen LogP contribution in [0.15, 0.2) is 54.6 Å². The fraction of sp³-hybridized carbons (Fsp3) is 0.480. The molecule has 1 heterocycles. The van der Waals surface area contributed by atoms with Crippen LogP contribution in [0.25, 0.3) is 0 Å². The Bertz CT molecular complexity index is 765. The Labute approximate surface area is 175 Å². The van der Waals surface area contributed by atoms with Crippen molar-refractivity contribution in [3.63, 3.8) is 0 Å². The van der Waals surface area contributed by atoms with E-state index in [0.717, 1.165) is 32.7 Å².